The minimum atomic E-state index is -4.21. The quantitative estimate of drug-likeness (QED) is 0.450. The van der Waals surface area contributed by atoms with Crippen LogP contribution in [-0.4, -0.2) is 25.4 Å². The standard InChI is InChI=1S/C9H13NO3S.Na/c1-2-10(8-14(11,12)13)9-6-4-3-5-7-9;/h3-7H,2,8H2,1H3,(H,11,12,13);/q;+1/p-1. The number of anilines is 1. The fourth-order valence-electron chi connectivity index (χ4n) is 1.18. The first-order valence-corrected chi connectivity index (χ1v) is 5.84. The third-order valence-electron chi connectivity index (χ3n) is 1.82. The van der Waals surface area contributed by atoms with Crippen molar-refractivity contribution >= 4 is 15.8 Å². The molecule has 0 unspecified atom stereocenters. The van der Waals surface area contributed by atoms with E-state index in [-0.39, 0.29) is 29.6 Å². The van der Waals surface area contributed by atoms with Crippen molar-refractivity contribution in [2.45, 2.75) is 6.92 Å². The van der Waals surface area contributed by atoms with Crippen LogP contribution >= 0.6 is 0 Å². The van der Waals surface area contributed by atoms with Crippen LogP contribution in [0.3, 0.4) is 0 Å². The summed E-state index contributed by atoms with van der Waals surface area (Å²) < 4.78 is 31.7. The van der Waals surface area contributed by atoms with Gasteiger partial charge in [0.15, 0.2) is 0 Å². The van der Waals surface area contributed by atoms with Crippen molar-refractivity contribution in [1.82, 2.24) is 0 Å². The summed E-state index contributed by atoms with van der Waals surface area (Å²) in [6.45, 7) is 2.30. The molecule has 0 amide bonds. The average molecular weight is 237 g/mol. The van der Waals surface area contributed by atoms with Gasteiger partial charge >= 0.3 is 29.6 Å². The van der Waals surface area contributed by atoms with Gasteiger partial charge in [0.25, 0.3) is 0 Å². The van der Waals surface area contributed by atoms with Crippen molar-refractivity contribution in [3.8, 4) is 0 Å². The average Bonchev–Trinajstić information content (AvgIpc) is 2.14. The fourth-order valence-corrected chi connectivity index (χ4v) is 1.89. The van der Waals surface area contributed by atoms with E-state index in [0.29, 0.717) is 6.54 Å². The molecule has 0 N–H and O–H groups in total. The van der Waals surface area contributed by atoms with E-state index in [1.807, 2.05) is 6.07 Å². The largest absolute Gasteiger partial charge is 1.00 e. The molecule has 0 aliphatic rings. The summed E-state index contributed by atoms with van der Waals surface area (Å²) in [4.78, 5) is 1.52. The van der Waals surface area contributed by atoms with Crippen molar-refractivity contribution < 1.29 is 42.5 Å². The zero-order chi connectivity index (χ0) is 10.6. The van der Waals surface area contributed by atoms with Crippen molar-refractivity contribution in [3.63, 3.8) is 0 Å². The molecule has 1 rings (SSSR count). The molecule has 0 atom stereocenters. The van der Waals surface area contributed by atoms with E-state index in [9.17, 15) is 13.0 Å². The molecule has 4 nitrogen and oxygen atoms in total. The molecule has 0 spiro atoms. The van der Waals surface area contributed by atoms with Crippen LogP contribution in [0.1, 0.15) is 6.92 Å². The smallest absolute Gasteiger partial charge is 0.747 e. The molecule has 78 valence electrons. The van der Waals surface area contributed by atoms with Crippen LogP contribution in [0, 0.1) is 0 Å². The molecule has 0 aromatic heterocycles. The Morgan fingerprint density at radius 2 is 1.80 bits per heavy atom. The Bertz CT molecular complexity index is 380. The summed E-state index contributed by atoms with van der Waals surface area (Å²) in [5.74, 6) is -0.479. The molecule has 0 fully saturated rings. The monoisotopic (exact) mass is 237 g/mol. The second-order valence-corrected chi connectivity index (χ2v) is 4.25. The van der Waals surface area contributed by atoms with Crippen molar-refractivity contribution in [3.05, 3.63) is 30.3 Å². The minimum absolute atomic E-state index is 0. The Morgan fingerprint density at radius 3 is 2.20 bits per heavy atom. The van der Waals surface area contributed by atoms with Crippen molar-refractivity contribution in [1.29, 1.82) is 0 Å². The van der Waals surface area contributed by atoms with Gasteiger partial charge in [0.2, 0.25) is 0 Å². The van der Waals surface area contributed by atoms with Gasteiger partial charge in [-0.1, -0.05) is 18.2 Å². The van der Waals surface area contributed by atoms with E-state index in [4.69, 9.17) is 0 Å². The summed E-state index contributed by atoms with van der Waals surface area (Å²) in [6.07, 6.45) is 0. The Kier molecular flexibility index (Phi) is 6.47. The summed E-state index contributed by atoms with van der Waals surface area (Å²) in [5, 5.41) is 0. The third kappa shape index (κ3) is 5.53. The minimum Gasteiger partial charge on any atom is -0.747 e. The zero-order valence-electron chi connectivity index (χ0n) is 8.88. The van der Waals surface area contributed by atoms with Gasteiger partial charge in [0.05, 0.1) is 0 Å². The van der Waals surface area contributed by atoms with E-state index in [1.165, 1.54) is 4.90 Å². The van der Waals surface area contributed by atoms with Crippen LogP contribution in [0.4, 0.5) is 5.69 Å². The molecule has 0 saturated heterocycles. The summed E-state index contributed by atoms with van der Waals surface area (Å²) in [5.41, 5.74) is 0.745. The second kappa shape index (κ2) is 6.50. The molecular formula is C9H12NNaO3S. The molecule has 0 aliphatic heterocycles. The molecule has 0 radical (unpaired) electrons. The van der Waals surface area contributed by atoms with Crippen LogP contribution in [-0.2, 0) is 10.1 Å². The van der Waals surface area contributed by atoms with Gasteiger partial charge in [-0.05, 0) is 19.1 Å². The molecule has 0 heterocycles. The second-order valence-electron chi connectivity index (χ2n) is 2.88. The maximum atomic E-state index is 10.6. The maximum Gasteiger partial charge on any atom is 1.00 e. The van der Waals surface area contributed by atoms with Gasteiger partial charge in [-0.2, -0.15) is 0 Å². The Morgan fingerprint density at radius 1 is 1.27 bits per heavy atom. The van der Waals surface area contributed by atoms with Crippen molar-refractivity contribution in [2.75, 3.05) is 17.3 Å². The van der Waals surface area contributed by atoms with Gasteiger partial charge in [-0.25, -0.2) is 8.42 Å². The first-order chi connectivity index (χ1) is 6.53. The first kappa shape index (κ1) is 14.9. The van der Waals surface area contributed by atoms with Gasteiger partial charge in [-0.3, -0.25) is 0 Å². The summed E-state index contributed by atoms with van der Waals surface area (Å²) in [6, 6.07) is 8.98. The molecule has 1 aromatic rings. The van der Waals surface area contributed by atoms with Crippen LogP contribution in [0.5, 0.6) is 0 Å². The number of hydrogen-bond acceptors (Lipinski definition) is 4. The van der Waals surface area contributed by atoms with E-state index in [1.54, 1.807) is 31.2 Å². The maximum absolute atomic E-state index is 10.6. The molecule has 0 aliphatic carbocycles. The van der Waals surface area contributed by atoms with Crippen LogP contribution in [0.25, 0.3) is 0 Å². The SMILES string of the molecule is CCN(CS(=O)(=O)[O-])c1ccccc1.[Na+]. The molecule has 0 bridgehead atoms. The Balaban J connectivity index is 0.00000196. The predicted molar refractivity (Wildman–Crippen MR) is 54.0 cm³/mol. The molecule has 1 aromatic carbocycles. The summed E-state index contributed by atoms with van der Waals surface area (Å²) >= 11 is 0. The van der Waals surface area contributed by atoms with Crippen LogP contribution in [0.2, 0.25) is 0 Å². The zero-order valence-corrected chi connectivity index (χ0v) is 11.7. The van der Waals surface area contributed by atoms with Gasteiger partial charge < -0.3 is 9.45 Å². The molecule has 0 saturated carbocycles. The Labute approximate surface area is 112 Å². The van der Waals surface area contributed by atoms with Crippen molar-refractivity contribution in [2.24, 2.45) is 0 Å². The fraction of sp³-hybridized carbons (Fsp3) is 0.333. The van der Waals surface area contributed by atoms with E-state index in [0.717, 1.165) is 5.69 Å². The van der Waals surface area contributed by atoms with Gasteiger partial charge in [-0.15, -0.1) is 0 Å². The van der Waals surface area contributed by atoms with Crippen LogP contribution in [0.15, 0.2) is 30.3 Å². The number of nitrogens with zero attached hydrogens (tertiary/aromatic N) is 1. The molecule has 6 heteroatoms. The van der Waals surface area contributed by atoms with E-state index in [2.05, 4.69) is 0 Å². The van der Waals surface area contributed by atoms with E-state index < -0.39 is 16.0 Å². The Hall–Kier alpha value is -0.0700. The number of para-hydroxylation sites is 1. The predicted octanol–water partition coefficient (Wildman–Crippen LogP) is -1.98. The first-order valence-electron chi connectivity index (χ1n) is 4.26. The topological polar surface area (TPSA) is 60.4 Å². The number of rotatable bonds is 4. The normalized spacial score (nSPS) is 10.5. The summed E-state index contributed by atoms with van der Waals surface area (Å²) in [7, 11) is -4.21. The number of hydrogen-bond donors (Lipinski definition) is 0. The third-order valence-corrected chi connectivity index (χ3v) is 2.44. The van der Waals surface area contributed by atoms with Crippen LogP contribution < -0.4 is 34.5 Å². The van der Waals surface area contributed by atoms with Gasteiger partial charge in [0.1, 0.15) is 16.0 Å². The molecular weight excluding hydrogens is 225 g/mol. The molecule has 15 heavy (non-hydrogen) atoms. The number of benzene rings is 1. The van der Waals surface area contributed by atoms with Gasteiger partial charge in [0, 0.05) is 12.2 Å². The van der Waals surface area contributed by atoms with E-state index >= 15 is 0 Å².